The fraction of sp³-hybridized carbons (Fsp3) is 0.367. The number of nitrogens with one attached hydrogen (secondary N) is 1. The second-order valence-corrected chi connectivity index (χ2v) is 10.1. The van der Waals surface area contributed by atoms with Crippen molar-refractivity contribution in [1.82, 2.24) is 10.2 Å². The van der Waals surface area contributed by atoms with Gasteiger partial charge in [0, 0.05) is 23.5 Å². The zero-order chi connectivity index (χ0) is 25.2. The topological polar surface area (TPSA) is 69.7 Å². The molecule has 1 aliphatic carbocycles. The standard InChI is InChI=1S/C30H33N3O3/c1-20-9-6-10-22(17-20)18-32(21(2)29(35)31-24-13-4-3-5-14-24)27(34)19-33-26-16-8-12-23-11-7-15-25(28(23)26)30(33)36/h6-12,15-17,21,24H,3-5,13-14,18-19H2,1-2H3,(H,31,35)/t21-/m0/s1. The van der Waals surface area contributed by atoms with Crippen molar-refractivity contribution in [3.63, 3.8) is 0 Å². The van der Waals surface area contributed by atoms with Crippen molar-refractivity contribution in [2.24, 2.45) is 0 Å². The zero-order valence-corrected chi connectivity index (χ0v) is 21.0. The molecule has 0 saturated heterocycles. The minimum atomic E-state index is -0.657. The highest BCUT2D eigenvalue weighted by Gasteiger charge is 2.34. The number of carbonyl (C=O) groups is 3. The fourth-order valence-electron chi connectivity index (χ4n) is 5.52. The maximum absolute atomic E-state index is 13.8. The number of nitrogens with zero attached hydrogens (tertiary/aromatic N) is 2. The Bertz CT molecular complexity index is 1310. The van der Waals surface area contributed by atoms with Gasteiger partial charge in [-0.15, -0.1) is 0 Å². The number of benzene rings is 3. The average molecular weight is 484 g/mol. The number of carbonyl (C=O) groups excluding carboxylic acids is 3. The summed E-state index contributed by atoms with van der Waals surface area (Å²) in [4.78, 5) is 43.5. The molecule has 36 heavy (non-hydrogen) atoms. The van der Waals surface area contributed by atoms with Crippen LogP contribution in [-0.4, -0.2) is 41.2 Å². The van der Waals surface area contributed by atoms with E-state index in [1.807, 2.05) is 67.6 Å². The third-order valence-corrected chi connectivity index (χ3v) is 7.50. The zero-order valence-electron chi connectivity index (χ0n) is 21.0. The number of hydrogen-bond donors (Lipinski definition) is 1. The molecular weight excluding hydrogens is 450 g/mol. The molecule has 5 rings (SSSR count). The highest BCUT2D eigenvalue weighted by atomic mass is 16.2. The van der Waals surface area contributed by atoms with Crippen LogP contribution in [0, 0.1) is 6.92 Å². The van der Waals surface area contributed by atoms with Crippen LogP contribution in [0.1, 0.15) is 60.5 Å². The van der Waals surface area contributed by atoms with Crippen molar-refractivity contribution in [2.45, 2.75) is 64.6 Å². The van der Waals surface area contributed by atoms with Gasteiger partial charge in [-0.2, -0.15) is 0 Å². The lowest BCUT2D eigenvalue weighted by Gasteiger charge is -2.32. The summed E-state index contributed by atoms with van der Waals surface area (Å²) in [5.41, 5.74) is 3.41. The molecule has 3 aromatic rings. The summed E-state index contributed by atoms with van der Waals surface area (Å²) in [6.07, 6.45) is 5.41. The van der Waals surface area contributed by atoms with E-state index in [0.29, 0.717) is 12.1 Å². The Hall–Kier alpha value is -3.67. The monoisotopic (exact) mass is 483 g/mol. The highest BCUT2D eigenvalue weighted by Crippen LogP contribution is 2.37. The lowest BCUT2D eigenvalue weighted by atomic mass is 9.95. The number of aryl methyl sites for hydroxylation is 1. The van der Waals surface area contributed by atoms with E-state index in [1.165, 1.54) is 6.42 Å². The SMILES string of the molecule is Cc1cccc(CN(C(=O)CN2C(=O)c3cccc4cccc2c34)[C@@H](C)C(=O)NC2CCCCC2)c1. The summed E-state index contributed by atoms with van der Waals surface area (Å²) in [6, 6.07) is 18.9. The van der Waals surface area contributed by atoms with Gasteiger partial charge in [0.15, 0.2) is 0 Å². The first-order chi connectivity index (χ1) is 17.4. The number of hydrogen-bond acceptors (Lipinski definition) is 3. The van der Waals surface area contributed by atoms with Gasteiger partial charge < -0.3 is 10.2 Å². The minimum absolute atomic E-state index is 0.112. The molecule has 1 atom stereocenters. The van der Waals surface area contributed by atoms with Gasteiger partial charge in [-0.25, -0.2) is 0 Å². The van der Waals surface area contributed by atoms with Crippen LogP contribution in [0.15, 0.2) is 60.7 Å². The second-order valence-electron chi connectivity index (χ2n) is 10.1. The summed E-state index contributed by atoms with van der Waals surface area (Å²) in [5.74, 6) is -0.563. The quantitative estimate of drug-likeness (QED) is 0.516. The van der Waals surface area contributed by atoms with Crippen LogP contribution in [0.3, 0.4) is 0 Å². The maximum Gasteiger partial charge on any atom is 0.259 e. The van der Waals surface area contributed by atoms with Gasteiger partial charge in [0.05, 0.1) is 5.69 Å². The molecule has 0 radical (unpaired) electrons. The lowest BCUT2D eigenvalue weighted by molar-refractivity contribution is -0.139. The van der Waals surface area contributed by atoms with E-state index in [9.17, 15) is 14.4 Å². The van der Waals surface area contributed by atoms with Gasteiger partial charge in [0.2, 0.25) is 11.8 Å². The smallest absolute Gasteiger partial charge is 0.259 e. The molecule has 1 saturated carbocycles. The molecule has 2 aliphatic rings. The number of amides is 3. The Morgan fingerprint density at radius 3 is 2.50 bits per heavy atom. The molecule has 0 spiro atoms. The Kier molecular flexibility index (Phi) is 6.77. The first-order valence-electron chi connectivity index (χ1n) is 12.9. The van der Waals surface area contributed by atoms with E-state index in [0.717, 1.165) is 53.3 Å². The van der Waals surface area contributed by atoms with Crippen LogP contribution >= 0.6 is 0 Å². The Labute approximate surface area is 212 Å². The second kappa shape index (κ2) is 10.1. The van der Waals surface area contributed by atoms with Crippen LogP contribution < -0.4 is 10.2 Å². The molecular formula is C30H33N3O3. The summed E-state index contributed by atoms with van der Waals surface area (Å²) in [6.45, 7) is 3.99. The summed E-state index contributed by atoms with van der Waals surface area (Å²) < 4.78 is 0. The molecule has 1 heterocycles. The Morgan fingerprint density at radius 1 is 1.03 bits per heavy atom. The van der Waals surface area contributed by atoms with Crippen molar-refractivity contribution < 1.29 is 14.4 Å². The maximum atomic E-state index is 13.8. The van der Waals surface area contributed by atoms with E-state index in [1.54, 1.807) is 16.7 Å². The van der Waals surface area contributed by atoms with Gasteiger partial charge in [-0.3, -0.25) is 19.3 Å². The van der Waals surface area contributed by atoms with Crippen LogP contribution in [0.5, 0.6) is 0 Å². The normalized spacial score (nSPS) is 16.3. The molecule has 1 N–H and O–H groups in total. The van der Waals surface area contributed by atoms with E-state index < -0.39 is 6.04 Å². The van der Waals surface area contributed by atoms with E-state index in [2.05, 4.69) is 5.32 Å². The largest absolute Gasteiger partial charge is 0.352 e. The lowest BCUT2D eigenvalue weighted by Crippen LogP contribution is -2.52. The van der Waals surface area contributed by atoms with E-state index in [-0.39, 0.29) is 30.3 Å². The average Bonchev–Trinajstić information content (AvgIpc) is 3.15. The van der Waals surface area contributed by atoms with E-state index >= 15 is 0 Å². The number of rotatable bonds is 7. The summed E-state index contributed by atoms with van der Waals surface area (Å²) >= 11 is 0. The van der Waals surface area contributed by atoms with Gasteiger partial charge in [0.25, 0.3) is 5.91 Å². The predicted octanol–water partition coefficient (Wildman–Crippen LogP) is 4.97. The molecule has 0 aromatic heterocycles. The summed E-state index contributed by atoms with van der Waals surface area (Å²) in [7, 11) is 0. The first-order valence-corrected chi connectivity index (χ1v) is 12.9. The van der Waals surface area contributed by atoms with E-state index in [4.69, 9.17) is 0 Å². The first kappa shape index (κ1) is 24.0. The minimum Gasteiger partial charge on any atom is -0.352 e. The van der Waals surface area contributed by atoms with Gasteiger partial charge >= 0.3 is 0 Å². The third-order valence-electron chi connectivity index (χ3n) is 7.50. The molecule has 3 amide bonds. The molecule has 1 fully saturated rings. The molecule has 1 aliphatic heterocycles. The van der Waals surface area contributed by atoms with Crippen LogP contribution in [0.25, 0.3) is 10.8 Å². The van der Waals surface area contributed by atoms with Crippen molar-refractivity contribution >= 4 is 34.2 Å². The molecule has 6 heteroatoms. The van der Waals surface area contributed by atoms with Crippen LogP contribution in [-0.2, 0) is 16.1 Å². The summed E-state index contributed by atoms with van der Waals surface area (Å²) in [5, 5.41) is 5.03. The van der Waals surface area contributed by atoms with Crippen molar-refractivity contribution in [3.8, 4) is 0 Å². The molecule has 0 unspecified atom stereocenters. The van der Waals surface area contributed by atoms with Crippen molar-refractivity contribution in [1.29, 1.82) is 0 Å². The Morgan fingerprint density at radius 2 is 1.75 bits per heavy atom. The fourth-order valence-corrected chi connectivity index (χ4v) is 5.52. The third kappa shape index (κ3) is 4.72. The Balaban J connectivity index is 1.40. The van der Waals surface area contributed by atoms with Gasteiger partial charge in [-0.05, 0) is 49.8 Å². The van der Waals surface area contributed by atoms with Crippen molar-refractivity contribution in [3.05, 3.63) is 77.4 Å². The molecule has 3 aromatic carbocycles. The molecule has 0 bridgehead atoms. The molecule has 186 valence electrons. The predicted molar refractivity (Wildman–Crippen MR) is 142 cm³/mol. The van der Waals surface area contributed by atoms with Crippen LogP contribution in [0.4, 0.5) is 5.69 Å². The van der Waals surface area contributed by atoms with Crippen LogP contribution in [0.2, 0.25) is 0 Å². The van der Waals surface area contributed by atoms with Crippen molar-refractivity contribution in [2.75, 3.05) is 11.4 Å². The molecule has 6 nitrogen and oxygen atoms in total. The number of anilines is 1. The highest BCUT2D eigenvalue weighted by molar-refractivity contribution is 6.26. The van der Waals surface area contributed by atoms with Gasteiger partial charge in [-0.1, -0.05) is 73.4 Å². The van der Waals surface area contributed by atoms with Gasteiger partial charge in [0.1, 0.15) is 12.6 Å².